The van der Waals surface area contributed by atoms with Gasteiger partial charge in [-0.2, -0.15) is 16.7 Å². The highest BCUT2D eigenvalue weighted by Crippen LogP contribution is 2.25. The van der Waals surface area contributed by atoms with Crippen LogP contribution in [-0.4, -0.2) is 76.0 Å². The van der Waals surface area contributed by atoms with Crippen LogP contribution in [0.25, 0.3) is 0 Å². The number of nitrogens with zero attached hydrogens (tertiary/aromatic N) is 4. The second-order valence-electron chi connectivity index (χ2n) is 7.79. The molecule has 30 heavy (non-hydrogen) atoms. The second-order valence-corrected chi connectivity index (χ2v) is 9.01. The largest absolute Gasteiger partial charge is 0.339 e. The molecule has 2 aliphatic rings. The van der Waals surface area contributed by atoms with Gasteiger partial charge in [-0.05, 0) is 44.5 Å². The summed E-state index contributed by atoms with van der Waals surface area (Å²) >= 11 is 1.87. The molecule has 0 bridgehead atoms. The minimum absolute atomic E-state index is 0.0279. The Hall–Kier alpha value is -2.39. The van der Waals surface area contributed by atoms with Gasteiger partial charge >= 0.3 is 0 Å². The van der Waals surface area contributed by atoms with Crippen molar-refractivity contribution >= 4 is 29.3 Å². The Balaban J connectivity index is 1.33. The molecule has 0 spiro atoms. The third-order valence-electron chi connectivity index (χ3n) is 5.46. The number of anilines is 1. The monoisotopic (exact) mass is 429 g/mol. The lowest BCUT2D eigenvalue weighted by atomic mass is 9.98. The molecule has 2 aliphatic heterocycles. The van der Waals surface area contributed by atoms with Crippen LogP contribution in [0.5, 0.6) is 0 Å². The number of thioether (sulfide) groups is 1. The van der Waals surface area contributed by atoms with E-state index in [0.717, 1.165) is 50.5 Å². The average Bonchev–Trinajstić information content (AvgIpc) is 3.20. The molecule has 160 valence electrons. The van der Waals surface area contributed by atoms with Crippen molar-refractivity contribution in [2.45, 2.75) is 25.7 Å². The number of amides is 2. The van der Waals surface area contributed by atoms with E-state index in [4.69, 9.17) is 4.52 Å². The number of aryl methyl sites for hydroxylation is 1. The number of likely N-dealkylation sites (tertiary alicyclic amines) is 1. The Labute approximate surface area is 180 Å². The van der Waals surface area contributed by atoms with Crippen LogP contribution in [0, 0.1) is 6.92 Å². The smallest absolute Gasteiger partial charge is 0.253 e. The fourth-order valence-electron chi connectivity index (χ4n) is 3.96. The van der Waals surface area contributed by atoms with Crippen LogP contribution >= 0.6 is 11.8 Å². The van der Waals surface area contributed by atoms with Crippen LogP contribution in [0.15, 0.2) is 28.8 Å². The zero-order valence-corrected chi connectivity index (χ0v) is 18.0. The third kappa shape index (κ3) is 5.20. The second kappa shape index (κ2) is 9.61. The number of aromatic nitrogens is 2. The van der Waals surface area contributed by atoms with E-state index in [0.29, 0.717) is 29.5 Å². The van der Waals surface area contributed by atoms with Gasteiger partial charge in [-0.1, -0.05) is 11.2 Å². The first-order chi connectivity index (χ1) is 14.6. The van der Waals surface area contributed by atoms with Crippen molar-refractivity contribution in [2.24, 2.45) is 0 Å². The van der Waals surface area contributed by atoms with Gasteiger partial charge in [0.15, 0.2) is 5.82 Å². The summed E-state index contributed by atoms with van der Waals surface area (Å²) in [5.41, 5.74) is 1.27. The van der Waals surface area contributed by atoms with E-state index in [2.05, 4.69) is 20.4 Å². The van der Waals surface area contributed by atoms with Gasteiger partial charge in [-0.3, -0.25) is 14.5 Å². The van der Waals surface area contributed by atoms with E-state index >= 15 is 0 Å². The van der Waals surface area contributed by atoms with E-state index in [1.165, 1.54) is 0 Å². The fraction of sp³-hybridized carbons (Fsp3) is 0.524. The van der Waals surface area contributed by atoms with Crippen LogP contribution < -0.4 is 5.32 Å². The fourth-order valence-corrected chi connectivity index (χ4v) is 4.87. The molecule has 4 rings (SSSR count). The first-order valence-corrected chi connectivity index (χ1v) is 11.5. The minimum atomic E-state index is -0.0867. The number of carbonyl (C=O) groups is 2. The van der Waals surface area contributed by atoms with Crippen LogP contribution in [0.3, 0.4) is 0 Å². The first kappa shape index (κ1) is 20.9. The molecule has 9 heteroatoms. The molecule has 8 nitrogen and oxygen atoms in total. The van der Waals surface area contributed by atoms with E-state index in [9.17, 15) is 9.59 Å². The van der Waals surface area contributed by atoms with Crippen LogP contribution in [-0.2, 0) is 4.79 Å². The first-order valence-electron chi connectivity index (χ1n) is 10.4. The summed E-state index contributed by atoms with van der Waals surface area (Å²) in [6.45, 7) is 5.24. The maximum atomic E-state index is 12.7. The molecule has 2 amide bonds. The minimum Gasteiger partial charge on any atom is -0.339 e. The van der Waals surface area contributed by atoms with Gasteiger partial charge in [0.1, 0.15) is 0 Å². The molecule has 1 unspecified atom stereocenters. The summed E-state index contributed by atoms with van der Waals surface area (Å²) in [4.78, 5) is 33.6. The van der Waals surface area contributed by atoms with Crippen molar-refractivity contribution in [2.75, 3.05) is 49.5 Å². The summed E-state index contributed by atoms with van der Waals surface area (Å²) < 4.78 is 5.31. The van der Waals surface area contributed by atoms with E-state index in [-0.39, 0.29) is 17.7 Å². The molecule has 1 aromatic heterocycles. The Morgan fingerprint density at radius 3 is 2.87 bits per heavy atom. The number of piperidine rings is 1. The molecule has 0 radical (unpaired) electrons. The predicted molar refractivity (Wildman–Crippen MR) is 116 cm³/mol. The molecule has 2 fully saturated rings. The van der Waals surface area contributed by atoms with Crippen LogP contribution in [0.2, 0.25) is 0 Å². The summed E-state index contributed by atoms with van der Waals surface area (Å²) in [5.74, 6) is 3.34. The zero-order valence-electron chi connectivity index (χ0n) is 17.2. The molecular weight excluding hydrogens is 402 g/mol. The van der Waals surface area contributed by atoms with Crippen molar-refractivity contribution in [3.05, 3.63) is 41.5 Å². The molecule has 2 aromatic rings. The Kier molecular flexibility index (Phi) is 6.69. The maximum Gasteiger partial charge on any atom is 0.253 e. The van der Waals surface area contributed by atoms with Gasteiger partial charge in [0.25, 0.3) is 5.91 Å². The lowest BCUT2D eigenvalue weighted by molar-refractivity contribution is -0.117. The molecule has 0 saturated carbocycles. The average molecular weight is 430 g/mol. The lowest BCUT2D eigenvalue weighted by Crippen LogP contribution is -2.40. The highest BCUT2D eigenvalue weighted by atomic mass is 32.2. The Bertz CT molecular complexity index is 896. The van der Waals surface area contributed by atoms with Gasteiger partial charge in [-0.25, -0.2) is 0 Å². The number of carbonyl (C=O) groups excluding carboxylic acids is 2. The maximum absolute atomic E-state index is 12.7. The molecule has 1 aromatic carbocycles. The van der Waals surface area contributed by atoms with Gasteiger partial charge in [0.05, 0.1) is 12.5 Å². The van der Waals surface area contributed by atoms with Crippen molar-refractivity contribution in [3.63, 3.8) is 0 Å². The predicted octanol–water partition coefficient (Wildman–Crippen LogP) is 2.39. The lowest BCUT2D eigenvalue weighted by Gasteiger charge is -2.30. The van der Waals surface area contributed by atoms with Crippen molar-refractivity contribution < 1.29 is 14.1 Å². The standard InChI is InChI=1S/C21H27N5O3S/c1-15-22-20(29-24-15)17-5-3-7-25(13-17)14-19(27)23-18-6-2-4-16(12-18)21(28)26-8-10-30-11-9-26/h2,4,6,12,17H,3,5,7-11,13-14H2,1H3,(H,23,27). The van der Waals surface area contributed by atoms with Crippen molar-refractivity contribution in [1.29, 1.82) is 0 Å². The molecule has 1 atom stereocenters. The topological polar surface area (TPSA) is 91.6 Å². The van der Waals surface area contributed by atoms with Gasteiger partial charge in [0, 0.05) is 42.4 Å². The summed E-state index contributed by atoms with van der Waals surface area (Å²) in [6, 6.07) is 7.21. The normalized spacial score (nSPS) is 20.2. The SMILES string of the molecule is Cc1noc(C2CCCN(CC(=O)Nc3cccc(C(=O)N4CCSCC4)c3)C2)n1. The van der Waals surface area contributed by atoms with E-state index in [1.54, 1.807) is 12.1 Å². The van der Waals surface area contributed by atoms with E-state index < -0.39 is 0 Å². The zero-order chi connectivity index (χ0) is 20.9. The third-order valence-corrected chi connectivity index (χ3v) is 6.40. The number of rotatable bonds is 5. The summed E-state index contributed by atoms with van der Waals surface area (Å²) in [5, 5.41) is 6.81. The molecule has 1 N–H and O–H groups in total. The van der Waals surface area contributed by atoms with Crippen LogP contribution in [0.4, 0.5) is 5.69 Å². The Morgan fingerprint density at radius 1 is 1.27 bits per heavy atom. The number of hydrogen-bond acceptors (Lipinski definition) is 7. The molecule has 0 aliphatic carbocycles. The highest BCUT2D eigenvalue weighted by molar-refractivity contribution is 7.99. The van der Waals surface area contributed by atoms with Crippen LogP contribution in [0.1, 0.15) is 40.8 Å². The van der Waals surface area contributed by atoms with Crippen molar-refractivity contribution in [1.82, 2.24) is 19.9 Å². The Morgan fingerprint density at radius 2 is 2.10 bits per heavy atom. The summed E-state index contributed by atoms with van der Waals surface area (Å²) in [6.07, 6.45) is 1.97. The van der Waals surface area contributed by atoms with Gasteiger partial charge in [-0.15, -0.1) is 0 Å². The quantitative estimate of drug-likeness (QED) is 0.780. The molecular formula is C21H27N5O3S. The highest BCUT2D eigenvalue weighted by Gasteiger charge is 2.27. The van der Waals surface area contributed by atoms with Crippen molar-refractivity contribution in [3.8, 4) is 0 Å². The van der Waals surface area contributed by atoms with Gasteiger partial charge in [0.2, 0.25) is 11.8 Å². The number of benzene rings is 1. The molecule has 3 heterocycles. The molecule has 2 saturated heterocycles. The number of nitrogens with one attached hydrogen (secondary N) is 1. The van der Waals surface area contributed by atoms with Gasteiger partial charge < -0.3 is 14.7 Å². The summed E-state index contributed by atoms with van der Waals surface area (Å²) in [7, 11) is 0. The number of hydrogen-bond donors (Lipinski definition) is 1. The van der Waals surface area contributed by atoms with E-state index in [1.807, 2.05) is 35.7 Å².